The Kier molecular flexibility index (Phi) is 3.59. The summed E-state index contributed by atoms with van der Waals surface area (Å²) in [7, 11) is 3.35. The Balaban J connectivity index is 2.42. The molecule has 17 heavy (non-hydrogen) atoms. The average molecular weight is 242 g/mol. The molecule has 0 aliphatic carbocycles. The van der Waals surface area contributed by atoms with E-state index in [4.69, 9.17) is 4.74 Å². The molecular formula is C12H16F2N2O. The topological polar surface area (TPSA) is 24.5 Å². The van der Waals surface area contributed by atoms with E-state index in [0.29, 0.717) is 12.1 Å². The first-order valence-corrected chi connectivity index (χ1v) is 5.57. The Bertz CT molecular complexity index is 412. The lowest BCUT2D eigenvalue weighted by molar-refractivity contribution is 0.193. The second-order valence-electron chi connectivity index (χ2n) is 4.20. The molecule has 0 amide bonds. The molecule has 1 fully saturated rings. The Labute approximate surface area is 99.4 Å². The highest BCUT2D eigenvalue weighted by Gasteiger charge is 2.27. The molecule has 1 atom stereocenters. The Morgan fingerprint density at radius 1 is 1.41 bits per heavy atom. The van der Waals surface area contributed by atoms with Crippen LogP contribution in [0, 0.1) is 11.6 Å². The quantitative estimate of drug-likeness (QED) is 0.851. The summed E-state index contributed by atoms with van der Waals surface area (Å²) >= 11 is 0. The number of nitrogens with zero attached hydrogens (tertiary/aromatic N) is 1. The molecule has 1 saturated heterocycles. The van der Waals surface area contributed by atoms with Gasteiger partial charge in [-0.3, -0.25) is 4.90 Å². The van der Waals surface area contributed by atoms with E-state index in [1.807, 2.05) is 11.9 Å². The van der Waals surface area contributed by atoms with Gasteiger partial charge in [0.1, 0.15) is 17.4 Å². The molecule has 0 radical (unpaired) electrons. The van der Waals surface area contributed by atoms with E-state index in [0.717, 1.165) is 19.2 Å². The monoisotopic (exact) mass is 242 g/mol. The molecule has 0 saturated carbocycles. The number of halogens is 2. The number of likely N-dealkylation sites (N-methyl/N-ethyl adjacent to an activating group) is 1. The summed E-state index contributed by atoms with van der Waals surface area (Å²) in [6.45, 7) is 2.33. The van der Waals surface area contributed by atoms with Crippen molar-refractivity contribution in [2.75, 3.05) is 33.8 Å². The lowest BCUT2D eigenvalue weighted by Gasteiger charge is -2.34. The zero-order valence-corrected chi connectivity index (χ0v) is 9.96. The first-order chi connectivity index (χ1) is 8.13. The molecule has 0 bridgehead atoms. The molecule has 1 heterocycles. The van der Waals surface area contributed by atoms with Crippen molar-refractivity contribution in [3.8, 4) is 5.75 Å². The maximum Gasteiger partial charge on any atom is 0.134 e. The largest absolute Gasteiger partial charge is 0.496 e. The summed E-state index contributed by atoms with van der Waals surface area (Å²) in [5, 5.41) is 3.20. The second kappa shape index (κ2) is 4.98. The highest BCUT2D eigenvalue weighted by atomic mass is 19.1. The summed E-state index contributed by atoms with van der Waals surface area (Å²) in [4.78, 5) is 2.04. The van der Waals surface area contributed by atoms with Gasteiger partial charge in [-0.25, -0.2) is 8.78 Å². The predicted molar refractivity (Wildman–Crippen MR) is 61.2 cm³/mol. The van der Waals surface area contributed by atoms with E-state index >= 15 is 0 Å². The first kappa shape index (κ1) is 12.3. The molecule has 5 heteroatoms. The average Bonchev–Trinajstić information content (AvgIpc) is 2.29. The van der Waals surface area contributed by atoms with Crippen molar-refractivity contribution in [2.24, 2.45) is 0 Å². The maximum atomic E-state index is 13.9. The van der Waals surface area contributed by atoms with Crippen LogP contribution >= 0.6 is 0 Å². The minimum absolute atomic E-state index is 0.126. The van der Waals surface area contributed by atoms with E-state index in [-0.39, 0.29) is 11.8 Å². The van der Waals surface area contributed by atoms with Gasteiger partial charge in [-0.15, -0.1) is 0 Å². The van der Waals surface area contributed by atoms with Gasteiger partial charge in [0.05, 0.1) is 13.2 Å². The Morgan fingerprint density at radius 2 is 2.18 bits per heavy atom. The highest BCUT2D eigenvalue weighted by Crippen LogP contribution is 2.32. The minimum atomic E-state index is -0.616. The fourth-order valence-electron chi connectivity index (χ4n) is 2.18. The summed E-state index contributed by atoms with van der Waals surface area (Å²) in [5.74, 6) is -0.903. The van der Waals surface area contributed by atoms with E-state index in [9.17, 15) is 8.78 Å². The van der Waals surface area contributed by atoms with Gasteiger partial charge in [-0.05, 0) is 7.05 Å². The number of benzene rings is 1. The minimum Gasteiger partial charge on any atom is -0.496 e. The number of methoxy groups -OCH3 is 1. The molecule has 0 aromatic heterocycles. The van der Waals surface area contributed by atoms with Gasteiger partial charge < -0.3 is 10.1 Å². The highest BCUT2D eigenvalue weighted by molar-refractivity contribution is 5.38. The Hall–Kier alpha value is -1.20. The van der Waals surface area contributed by atoms with Gasteiger partial charge in [0.15, 0.2) is 0 Å². The molecule has 2 rings (SSSR count). The van der Waals surface area contributed by atoms with Crippen LogP contribution in [0.4, 0.5) is 8.78 Å². The van der Waals surface area contributed by atoms with Crippen LogP contribution in [0.25, 0.3) is 0 Å². The third-order valence-electron chi connectivity index (χ3n) is 3.12. The molecular weight excluding hydrogens is 226 g/mol. The van der Waals surface area contributed by atoms with Gasteiger partial charge >= 0.3 is 0 Å². The number of ether oxygens (including phenoxy) is 1. The number of piperazine rings is 1. The van der Waals surface area contributed by atoms with Crippen LogP contribution in [-0.2, 0) is 0 Å². The summed E-state index contributed by atoms with van der Waals surface area (Å²) in [6.07, 6.45) is 0. The zero-order chi connectivity index (χ0) is 12.4. The van der Waals surface area contributed by atoms with Crippen molar-refractivity contribution >= 4 is 0 Å². The summed E-state index contributed by atoms with van der Waals surface area (Å²) < 4.78 is 32.1. The van der Waals surface area contributed by atoms with Crippen LogP contribution in [0.5, 0.6) is 5.75 Å². The molecule has 1 unspecified atom stereocenters. The normalized spacial score (nSPS) is 21.5. The lowest BCUT2D eigenvalue weighted by atomic mass is 10.0. The fourth-order valence-corrected chi connectivity index (χ4v) is 2.18. The van der Waals surface area contributed by atoms with Gasteiger partial charge in [-0.1, -0.05) is 0 Å². The molecule has 1 aliphatic rings. The molecule has 1 aromatic rings. The molecule has 1 aliphatic heterocycles. The fraction of sp³-hybridized carbons (Fsp3) is 0.500. The van der Waals surface area contributed by atoms with Crippen LogP contribution in [-0.4, -0.2) is 38.7 Å². The Morgan fingerprint density at radius 3 is 2.82 bits per heavy atom. The zero-order valence-electron chi connectivity index (χ0n) is 9.96. The van der Waals surface area contributed by atoms with Gasteiger partial charge in [0.2, 0.25) is 0 Å². The van der Waals surface area contributed by atoms with Crippen molar-refractivity contribution in [1.29, 1.82) is 0 Å². The van der Waals surface area contributed by atoms with Crippen LogP contribution in [0.3, 0.4) is 0 Å². The van der Waals surface area contributed by atoms with Crippen molar-refractivity contribution < 1.29 is 13.5 Å². The SMILES string of the molecule is COc1cc(F)cc(F)c1C1CNCCN1C. The molecule has 1 N–H and O–H groups in total. The third kappa shape index (κ3) is 2.40. The molecule has 3 nitrogen and oxygen atoms in total. The van der Waals surface area contributed by atoms with Crippen molar-refractivity contribution in [3.05, 3.63) is 29.3 Å². The molecule has 0 spiro atoms. The van der Waals surface area contributed by atoms with Gasteiger partial charge in [-0.2, -0.15) is 0 Å². The second-order valence-corrected chi connectivity index (χ2v) is 4.20. The lowest BCUT2D eigenvalue weighted by Crippen LogP contribution is -2.44. The first-order valence-electron chi connectivity index (χ1n) is 5.57. The van der Waals surface area contributed by atoms with E-state index < -0.39 is 11.6 Å². The summed E-state index contributed by atoms with van der Waals surface area (Å²) in [5.41, 5.74) is 0.420. The molecule has 1 aromatic carbocycles. The van der Waals surface area contributed by atoms with Crippen LogP contribution in [0.1, 0.15) is 11.6 Å². The predicted octanol–water partition coefficient (Wildman–Crippen LogP) is 1.55. The number of hydrogen-bond donors (Lipinski definition) is 1. The van der Waals surface area contributed by atoms with Crippen molar-refractivity contribution in [1.82, 2.24) is 10.2 Å². The smallest absolute Gasteiger partial charge is 0.134 e. The van der Waals surface area contributed by atoms with Gasteiger partial charge in [0, 0.05) is 37.3 Å². The number of nitrogens with one attached hydrogen (secondary N) is 1. The maximum absolute atomic E-state index is 13.9. The standard InChI is InChI=1S/C12H16F2N2O/c1-16-4-3-15-7-10(16)12-9(14)5-8(13)6-11(12)17-2/h5-6,10,15H,3-4,7H2,1-2H3. The number of rotatable bonds is 2. The number of hydrogen-bond acceptors (Lipinski definition) is 3. The van der Waals surface area contributed by atoms with E-state index in [1.165, 1.54) is 13.2 Å². The molecule has 94 valence electrons. The van der Waals surface area contributed by atoms with E-state index in [1.54, 1.807) is 0 Å². The summed E-state index contributed by atoms with van der Waals surface area (Å²) in [6, 6.07) is 2.00. The van der Waals surface area contributed by atoms with Crippen LogP contribution < -0.4 is 10.1 Å². The van der Waals surface area contributed by atoms with Crippen molar-refractivity contribution in [2.45, 2.75) is 6.04 Å². The van der Waals surface area contributed by atoms with Crippen LogP contribution in [0.15, 0.2) is 12.1 Å². The van der Waals surface area contributed by atoms with Crippen LogP contribution in [0.2, 0.25) is 0 Å². The van der Waals surface area contributed by atoms with Crippen molar-refractivity contribution in [3.63, 3.8) is 0 Å². The van der Waals surface area contributed by atoms with E-state index in [2.05, 4.69) is 5.32 Å². The third-order valence-corrected chi connectivity index (χ3v) is 3.12. The van der Waals surface area contributed by atoms with Gasteiger partial charge in [0.25, 0.3) is 0 Å².